The van der Waals surface area contributed by atoms with Gasteiger partial charge in [0.15, 0.2) is 0 Å². The van der Waals surface area contributed by atoms with Gasteiger partial charge in [0.1, 0.15) is 0 Å². The van der Waals surface area contributed by atoms with E-state index in [0.717, 1.165) is 18.9 Å². The van der Waals surface area contributed by atoms with Gasteiger partial charge in [-0.05, 0) is 56.9 Å². The summed E-state index contributed by atoms with van der Waals surface area (Å²) in [5.74, 6) is 0.826. The number of rotatable bonds is 5. The first-order valence-electron chi connectivity index (χ1n) is 7.19. The van der Waals surface area contributed by atoms with Gasteiger partial charge in [-0.3, -0.25) is 0 Å². The SMILES string of the molecule is CCc1ccc(C(C)NCC2CCN(C)C2)cc1. The third kappa shape index (κ3) is 3.56. The first-order chi connectivity index (χ1) is 8.69. The summed E-state index contributed by atoms with van der Waals surface area (Å²) in [7, 11) is 2.22. The number of hydrogen-bond acceptors (Lipinski definition) is 2. The Bertz CT molecular complexity index is 358. The van der Waals surface area contributed by atoms with Crippen LogP contribution in [0.3, 0.4) is 0 Å². The molecule has 1 aliphatic heterocycles. The number of nitrogens with one attached hydrogen (secondary N) is 1. The maximum absolute atomic E-state index is 3.67. The van der Waals surface area contributed by atoms with E-state index in [1.807, 2.05) is 0 Å². The predicted molar refractivity (Wildman–Crippen MR) is 77.8 cm³/mol. The van der Waals surface area contributed by atoms with Crippen molar-refractivity contribution in [1.82, 2.24) is 10.2 Å². The van der Waals surface area contributed by atoms with Gasteiger partial charge >= 0.3 is 0 Å². The van der Waals surface area contributed by atoms with Gasteiger partial charge in [0.05, 0.1) is 0 Å². The van der Waals surface area contributed by atoms with E-state index >= 15 is 0 Å². The summed E-state index contributed by atoms with van der Waals surface area (Å²) in [5, 5.41) is 3.67. The molecule has 1 aromatic rings. The minimum Gasteiger partial charge on any atom is -0.310 e. The smallest absolute Gasteiger partial charge is 0.0291 e. The molecule has 18 heavy (non-hydrogen) atoms. The topological polar surface area (TPSA) is 15.3 Å². The van der Waals surface area contributed by atoms with Crippen molar-refractivity contribution in [3.63, 3.8) is 0 Å². The Kier molecular flexibility index (Phi) is 4.79. The van der Waals surface area contributed by atoms with Crippen LogP contribution in [0.2, 0.25) is 0 Å². The van der Waals surface area contributed by atoms with E-state index in [0.29, 0.717) is 6.04 Å². The van der Waals surface area contributed by atoms with Gasteiger partial charge in [-0.2, -0.15) is 0 Å². The molecule has 2 unspecified atom stereocenters. The lowest BCUT2D eigenvalue weighted by atomic mass is 10.0. The second-order valence-electron chi connectivity index (χ2n) is 5.64. The van der Waals surface area contributed by atoms with Crippen LogP contribution >= 0.6 is 0 Å². The highest BCUT2D eigenvalue weighted by Crippen LogP contribution is 2.17. The monoisotopic (exact) mass is 246 g/mol. The van der Waals surface area contributed by atoms with Crippen molar-refractivity contribution in [3.05, 3.63) is 35.4 Å². The van der Waals surface area contributed by atoms with E-state index in [1.54, 1.807) is 0 Å². The zero-order valence-electron chi connectivity index (χ0n) is 11.9. The Hall–Kier alpha value is -0.860. The van der Waals surface area contributed by atoms with E-state index in [-0.39, 0.29) is 0 Å². The van der Waals surface area contributed by atoms with Gasteiger partial charge < -0.3 is 10.2 Å². The molecule has 0 spiro atoms. The Labute approximate surface area is 111 Å². The molecule has 0 amide bonds. The average molecular weight is 246 g/mol. The zero-order valence-corrected chi connectivity index (χ0v) is 11.9. The molecule has 2 nitrogen and oxygen atoms in total. The second kappa shape index (κ2) is 6.35. The molecule has 1 aliphatic rings. The molecule has 100 valence electrons. The van der Waals surface area contributed by atoms with Gasteiger partial charge in [-0.1, -0.05) is 31.2 Å². The lowest BCUT2D eigenvalue weighted by Crippen LogP contribution is -2.27. The van der Waals surface area contributed by atoms with Crippen LogP contribution in [0.25, 0.3) is 0 Å². The van der Waals surface area contributed by atoms with E-state index in [4.69, 9.17) is 0 Å². The highest BCUT2D eigenvalue weighted by atomic mass is 15.1. The van der Waals surface area contributed by atoms with Gasteiger partial charge in [-0.15, -0.1) is 0 Å². The highest BCUT2D eigenvalue weighted by Gasteiger charge is 2.19. The van der Waals surface area contributed by atoms with Crippen LogP contribution in [0.15, 0.2) is 24.3 Å². The van der Waals surface area contributed by atoms with Crippen LogP contribution in [0.4, 0.5) is 0 Å². The Morgan fingerprint density at radius 3 is 2.61 bits per heavy atom. The molecule has 1 saturated heterocycles. The normalized spacial score (nSPS) is 22.3. The Balaban J connectivity index is 1.81. The summed E-state index contributed by atoms with van der Waals surface area (Å²) in [6, 6.07) is 9.48. The molecule has 2 rings (SSSR count). The maximum atomic E-state index is 3.67. The van der Waals surface area contributed by atoms with Crippen molar-refractivity contribution < 1.29 is 0 Å². The van der Waals surface area contributed by atoms with Gasteiger partial charge in [-0.25, -0.2) is 0 Å². The number of nitrogens with zero attached hydrogens (tertiary/aromatic N) is 1. The fourth-order valence-electron chi connectivity index (χ4n) is 2.70. The molecule has 0 aliphatic carbocycles. The lowest BCUT2D eigenvalue weighted by Gasteiger charge is -2.18. The molecular weight excluding hydrogens is 220 g/mol. The molecule has 2 heteroatoms. The van der Waals surface area contributed by atoms with Crippen molar-refractivity contribution in [1.29, 1.82) is 0 Å². The summed E-state index contributed by atoms with van der Waals surface area (Å²) >= 11 is 0. The van der Waals surface area contributed by atoms with Crippen LogP contribution in [0.1, 0.15) is 37.4 Å². The summed E-state index contributed by atoms with van der Waals surface area (Å²) in [5.41, 5.74) is 2.82. The molecule has 0 saturated carbocycles. The predicted octanol–water partition coefficient (Wildman–Crippen LogP) is 2.85. The molecule has 1 N–H and O–H groups in total. The first-order valence-corrected chi connectivity index (χ1v) is 7.19. The van der Waals surface area contributed by atoms with E-state index in [1.165, 1.54) is 30.6 Å². The Morgan fingerprint density at radius 2 is 2.06 bits per heavy atom. The third-order valence-corrected chi connectivity index (χ3v) is 4.09. The molecule has 1 aromatic carbocycles. The first kappa shape index (κ1) is 13.6. The summed E-state index contributed by atoms with van der Waals surface area (Å²) < 4.78 is 0. The molecule has 0 radical (unpaired) electrons. The number of aryl methyl sites for hydroxylation is 1. The summed E-state index contributed by atoms with van der Waals surface area (Å²) in [6.07, 6.45) is 2.46. The molecule has 2 atom stereocenters. The molecule has 1 heterocycles. The van der Waals surface area contributed by atoms with Crippen molar-refractivity contribution in [2.45, 2.75) is 32.7 Å². The molecule has 0 bridgehead atoms. The number of likely N-dealkylation sites (tertiary alicyclic amines) is 1. The number of hydrogen-bond donors (Lipinski definition) is 1. The van der Waals surface area contributed by atoms with Crippen molar-refractivity contribution in [3.8, 4) is 0 Å². The van der Waals surface area contributed by atoms with Crippen LogP contribution in [-0.4, -0.2) is 31.6 Å². The van der Waals surface area contributed by atoms with Crippen LogP contribution < -0.4 is 5.32 Å². The minimum atomic E-state index is 0.460. The Morgan fingerprint density at radius 1 is 1.33 bits per heavy atom. The van der Waals surface area contributed by atoms with Crippen molar-refractivity contribution in [2.75, 3.05) is 26.7 Å². The van der Waals surface area contributed by atoms with Crippen LogP contribution in [0.5, 0.6) is 0 Å². The van der Waals surface area contributed by atoms with Gasteiger partial charge in [0.2, 0.25) is 0 Å². The standard InChI is InChI=1S/C16H26N2/c1-4-14-5-7-16(8-6-14)13(2)17-11-15-9-10-18(3)12-15/h5-8,13,15,17H,4,9-12H2,1-3H3. The van der Waals surface area contributed by atoms with E-state index < -0.39 is 0 Å². The minimum absolute atomic E-state index is 0.460. The molecular formula is C16H26N2. The fraction of sp³-hybridized carbons (Fsp3) is 0.625. The lowest BCUT2D eigenvalue weighted by molar-refractivity contribution is 0.382. The highest BCUT2D eigenvalue weighted by molar-refractivity contribution is 5.24. The summed E-state index contributed by atoms with van der Waals surface area (Å²) in [6.45, 7) is 8.11. The quantitative estimate of drug-likeness (QED) is 0.859. The second-order valence-corrected chi connectivity index (χ2v) is 5.64. The van der Waals surface area contributed by atoms with Crippen molar-refractivity contribution in [2.24, 2.45) is 5.92 Å². The third-order valence-electron chi connectivity index (χ3n) is 4.09. The van der Waals surface area contributed by atoms with Gasteiger partial charge in [0, 0.05) is 12.6 Å². The van der Waals surface area contributed by atoms with Crippen LogP contribution in [-0.2, 0) is 6.42 Å². The average Bonchev–Trinajstić information content (AvgIpc) is 2.82. The number of benzene rings is 1. The summed E-state index contributed by atoms with van der Waals surface area (Å²) in [4.78, 5) is 2.42. The molecule has 0 aromatic heterocycles. The van der Waals surface area contributed by atoms with Gasteiger partial charge in [0.25, 0.3) is 0 Å². The van der Waals surface area contributed by atoms with E-state index in [2.05, 4.69) is 55.4 Å². The van der Waals surface area contributed by atoms with Crippen molar-refractivity contribution >= 4 is 0 Å². The van der Waals surface area contributed by atoms with Crippen LogP contribution in [0, 0.1) is 5.92 Å². The molecule has 1 fully saturated rings. The maximum Gasteiger partial charge on any atom is 0.0291 e. The zero-order chi connectivity index (χ0) is 13.0. The largest absolute Gasteiger partial charge is 0.310 e. The fourth-order valence-corrected chi connectivity index (χ4v) is 2.70. The van der Waals surface area contributed by atoms with E-state index in [9.17, 15) is 0 Å².